The Morgan fingerprint density at radius 2 is 2.19 bits per heavy atom. The lowest BCUT2D eigenvalue weighted by atomic mass is 10.1. The number of hydrogen-bond acceptors (Lipinski definition) is 4. The molecule has 0 aromatic heterocycles. The van der Waals surface area contributed by atoms with Gasteiger partial charge < -0.3 is 19.5 Å². The Hall–Kier alpha value is -0.160. The lowest BCUT2D eigenvalue weighted by Crippen LogP contribution is -2.20. The van der Waals surface area contributed by atoms with Crippen LogP contribution in [0.25, 0.3) is 0 Å². The van der Waals surface area contributed by atoms with Crippen molar-refractivity contribution >= 4 is 0 Å². The summed E-state index contributed by atoms with van der Waals surface area (Å²) in [5, 5.41) is 3.32. The molecule has 0 aliphatic carbocycles. The molecule has 16 heavy (non-hydrogen) atoms. The Labute approximate surface area is 98.6 Å². The van der Waals surface area contributed by atoms with Crippen LogP contribution in [0.3, 0.4) is 0 Å². The molecule has 96 valence electrons. The van der Waals surface area contributed by atoms with E-state index in [2.05, 4.69) is 5.32 Å². The van der Waals surface area contributed by atoms with Crippen LogP contribution in [0.5, 0.6) is 0 Å². The predicted molar refractivity (Wildman–Crippen MR) is 63.7 cm³/mol. The van der Waals surface area contributed by atoms with E-state index >= 15 is 0 Å². The van der Waals surface area contributed by atoms with Crippen molar-refractivity contribution in [3.63, 3.8) is 0 Å². The number of nitrogens with one attached hydrogen (secondary N) is 1. The van der Waals surface area contributed by atoms with Crippen LogP contribution in [0.15, 0.2) is 0 Å². The van der Waals surface area contributed by atoms with Crippen molar-refractivity contribution < 1.29 is 14.2 Å². The summed E-state index contributed by atoms with van der Waals surface area (Å²) in [5.41, 5.74) is 0. The fourth-order valence-corrected chi connectivity index (χ4v) is 1.72. The third-order valence-corrected chi connectivity index (χ3v) is 2.75. The number of unbranched alkanes of at least 4 members (excludes halogenated alkanes) is 1. The first-order valence-corrected chi connectivity index (χ1v) is 6.28. The van der Waals surface area contributed by atoms with Gasteiger partial charge in [0.15, 0.2) is 0 Å². The first-order chi connectivity index (χ1) is 7.93. The molecule has 1 atom stereocenters. The number of ether oxygens (including phenoxy) is 3. The topological polar surface area (TPSA) is 39.7 Å². The monoisotopic (exact) mass is 231 g/mol. The van der Waals surface area contributed by atoms with Gasteiger partial charge in [-0.15, -0.1) is 0 Å². The SMILES string of the molecule is COCCNCCCCOCC1CCOC1. The molecule has 4 nitrogen and oxygen atoms in total. The highest BCUT2D eigenvalue weighted by Crippen LogP contribution is 2.12. The molecule has 0 saturated carbocycles. The molecule has 1 N–H and O–H groups in total. The van der Waals surface area contributed by atoms with Gasteiger partial charge in [0, 0.05) is 32.8 Å². The molecule has 1 aliphatic heterocycles. The molecule has 1 fully saturated rings. The van der Waals surface area contributed by atoms with E-state index in [-0.39, 0.29) is 0 Å². The summed E-state index contributed by atoms with van der Waals surface area (Å²) in [4.78, 5) is 0. The predicted octanol–water partition coefficient (Wildman–Crippen LogP) is 1.06. The van der Waals surface area contributed by atoms with Crippen LogP contribution < -0.4 is 5.32 Å². The summed E-state index contributed by atoms with van der Waals surface area (Å²) >= 11 is 0. The summed E-state index contributed by atoms with van der Waals surface area (Å²) in [6.07, 6.45) is 3.47. The second-order valence-corrected chi connectivity index (χ2v) is 4.25. The summed E-state index contributed by atoms with van der Waals surface area (Å²) in [7, 11) is 1.72. The van der Waals surface area contributed by atoms with Crippen molar-refractivity contribution in [2.45, 2.75) is 19.3 Å². The molecule has 0 bridgehead atoms. The molecule has 0 aromatic rings. The largest absolute Gasteiger partial charge is 0.383 e. The van der Waals surface area contributed by atoms with Crippen molar-refractivity contribution in [1.82, 2.24) is 5.32 Å². The zero-order chi connectivity index (χ0) is 11.5. The van der Waals surface area contributed by atoms with E-state index in [4.69, 9.17) is 14.2 Å². The lowest BCUT2D eigenvalue weighted by Gasteiger charge is -2.08. The molecular formula is C12H25NO3. The van der Waals surface area contributed by atoms with E-state index in [1.807, 2.05) is 0 Å². The first kappa shape index (κ1) is 13.9. The maximum atomic E-state index is 5.61. The van der Waals surface area contributed by atoms with Gasteiger partial charge in [-0.1, -0.05) is 0 Å². The Balaban J connectivity index is 1.71. The Morgan fingerprint density at radius 3 is 2.94 bits per heavy atom. The fraction of sp³-hybridized carbons (Fsp3) is 1.00. The van der Waals surface area contributed by atoms with Gasteiger partial charge in [0.2, 0.25) is 0 Å². The first-order valence-electron chi connectivity index (χ1n) is 6.28. The highest BCUT2D eigenvalue weighted by Gasteiger charge is 2.14. The zero-order valence-corrected chi connectivity index (χ0v) is 10.4. The van der Waals surface area contributed by atoms with Crippen molar-refractivity contribution in [3.8, 4) is 0 Å². The molecule has 1 rings (SSSR count). The standard InChI is InChI=1S/C12H25NO3/c1-14-9-6-13-5-2-3-7-15-10-12-4-8-16-11-12/h12-13H,2-11H2,1H3. The minimum Gasteiger partial charge on any atom is -0.383 e. The maximum absolute atomic E-state index is 5.61. The van der Waals surface area contributed by atoms with Crippen LogP contribution >= 0.6 is 0 Å². The summed E-state index contributed by atoms with van der Waals surface area (Å²) in [6, 6.07) is 0. The zero-order valence-electron chi connectivity index (χ0n) is 10.4. The molecule has 1 aliphatic rings. The minimum atomic E-state index is 0.639. The van der Waals surface area contributed by atoms with Crippen LogP contribution in [0.2, 0.25) is 0 Å². The maximum Gasteiger partial charge on any atom is 0.0587 e. The van der Waals surface area contributed by atoms with Gasteiger partial charge in [0.25, 0.3) is 0 Å². The molecule has 1 unspecified atom stereocenters. The van der Waals surface area contributed by atoms with Crippen molar-refractivity contribution in [2.75, 3.05) is 53.2 Å². The van der Waals surface area contributed by atoms with Crippen LogP contribution in [-0.2, 0) is 14.2 Å². The number of rotatable bonds is 10. The third-order valence-electron chi connectivity index (χ3n) is 2.75. The fourth-order valence-electron chi connectivity index (χ4n) is 1.72. The number of hydrogen-bond donors (Lipinski definition) is 1. The molecule has 0 aromatic carbocycles. The number of methoxy groups -OCH3 is 1. The van der Waals surface area contributed by atoms with Crippen LogP contribution in [0.4, 0.5) is 0 Å². The van der Waals surface area contributed by atoms with Crippen LogP contribution in [0.1, 0.15) is 19.3 Å². The molecule has 0 radical (unpaired) electrons. The average molecular weight is 231 g/mol. The third kappa shape index (κ3) is 7.17. The molecule has 4 heteroatoms. The van der Waals surface area contributed by atoms with Gasteiger partial charge >= 0.3 is 0 Å². The van der Waals surface area contributed by atoms with Gasteiger partial charge in [-0.05, 0) is 25.8 Å². The van der Waals surface area contributed by atoms with E-state index in [1.165, 1.54) is 12.8 Å². The average Bonchev–Trinajstić information content (AvgIpc) is 2.80. The van der Waals surface area contributed by atoms with E-state index in [1.54, 1.807) is 7.11 Å². The van der Waals surface area contributed by atoms with Crippen molar-refractivity contribution in [1.29, 1.82) is 0 Å². The summed E-state index contributed by atoms with van der Waals surface area (Å²) in [5.74, 6) is 0.639. The Bertz CT molecular complexity index is 149. The van der Waals surface area contributed by atoms with Gasteiger partial charge in [-0.25, -0.2) is 0 Å². The lowest BCUT2D eigenvalue weighted by molar-refractivity contribution is 0.0873. The molecule has 0 spiro atoms. The molecule has 1 saturated heterocycles. The normalized spacial score (nSPS) is 20.4. The van der Waals surface area contributed by atoms with E-state index in [0.717, 1.165) is 52.5 Å². The Kier molecular flexibility index (Phi) is 8.71. The Morgan fingerprint density at radius 1 is 1.25 bits per heavy atom. The van der Waals surface area contributed by atoms with Gasteiger partial charge in [0.1, 0.15) is 0 Å². The van der Waals surface area contributed by atoms with E-state index in [0.29, 0.717) is 5.92 Å². The molecule has 1 heterocycles. The highest BCUT2D eigenvalue weighted by molar-refractivity contribution is 4.62. The van der Waals surface area contributed by atoms with Crippen LogP contribution in [-0.4, -0.2) is 53.2 Å². The second kappa shape index (κ2) is 10.0. The van der Waals surface area contributed by atoms with E-state index in [9.17, 15) is 0 Å². The van der Waals surface area contributed by atoms with Gasteiger partial charge in [0.05, 0.1) is 19.8 Å². The summed E-state index contributed by atoms with van der Waals surface area (Å²) in [6.45, 7) is 6.34. The molecular weight excluding hydrogens is 206 g/mol. The second-order valence-electron chi connectivity index (χ2n) is 4.25. The van der Waals surface area contributed by atoms with Crippen LogP contribution in [0, 0.1) is 5.92 Å². The van der Waals surface area contributed by atoms with Gasteiger partial charge in [-0.2, -0.15) is 0 Å². The molecule has 0 amide bonds. The quantitative estimate of drug-likeness (QED) is 0.571. The van der Waals surface area contributed by atoms with E-state index < -0.39 is 0 Å². The van der Waals surface area contributed by atoms with Gasteiger partial charge in [-0.3, -0.25) is 0 Å². The smallest absolute Gasteiger partial charge is 0.0587 e. The van der Waals surface area contributed by atoms with Crippen molar-refractivity contribution in [2.24, 2.45) is 5.92 Å². The van der Waals surface area contributed by atoms with Crippen molar-refractivity contribution in [3.05, 3.63) is 0 Å². The highest BCUT2D eigenvalue weighted by atomic mass is 16.5. The minimum absolute atomic E-state index is 0.639. The summed E-state index contributed by atoms with van der Waals surface area (Å²) < 4.78 is 15.8.